The summed E-state index contributed by atoms with van der Waals surface area (Å²) in [5, 5.41) is 21.6. The van der Waals surface area contributed by atoms with Crippen LogP contribution in [0, 0.1) is 6.92 Å². The molecule has 142 valence electrons. The van der Waals surface area contributed by atoms with Crippen molar-refractivity contribution >= 4 is 0 Å². The molecule has 0 spiro atoms. The normalized spacial score (nSPS) is 25.3. The van der Waals surface area contributed by atoms with Crippen molar-refractivity contribution in [2.75, 3.05) is 26.4 Å². The number of morpholine rings is 1. The van der Waals surface area contributed by atoms with E-state index in [0.717, 1.165) is 17.9 Å². The van der Waals surface area contributed by atoms with E-state index in [0.29, 0.717) is 19.8 Å². The van der Waals surface area contributed by atoms with E-state index in [-0.39, 0.29) is 18.7 Å². The van der Waals surface area contributed by atoms with Crippen molar-refractivity contribution in [2.45, 2.75) is 44.9 Å². The summed E-state index contributed by atoms with van der Waals surface area (Å²) >= 11 is 0. The van der Waals surface area contributed by atoms with Crippen LogP contribution in [0.15, 0.2) is 35.0 Å². The average molecular weight is 360 g/mol. The molecule has 1 aromatic carbocycles. The largest absolute Gasteiger partial charge is 0.394 e. The van der Waals surface area contributed by atoms with Crippen LogP contribution in [0.5, 0.6) is 0 Å². The van der Waals surface area contributed by atoms with Gasteiger partial charge in [-0.2, -0.15) is 0 Å². The molecule has 2 N–H and O–H groups in total. The van der Waals surface area contributed by atoms with Crippen LogP contribution in [-0.2, 0) is 11.3 Å². The monoisotopic (exact) mass is 360 g/mol. The van der Waals surface area contributed by atoms with Gasteiger partial charge in [-0.25, -0.2) is 4.63 Å². The molecular formula is C19H28N4O3. The minimum absolute atomic E-state index is 0.0138. The fraction of sp³-hybridized carbons (Fsp3) is 0.579. The maximum absolute atomic E-state index is 10.3. The fourth-order valence-corrected chi connectivity index (χ4v) is 3.58. The third-order valence-corrected chi connectivity index (χ3v) is 5.20. The van der Waals surface area contributed by atoms with Gasteiger partial charge < -0.3 is 15.2 Å². The topological polar surface area (TPSA) is 83.7 Å². The van der Waals surface area contributed by atoms with Gasteiger partial charge in [0.05, 0.1) is 31.4 Å². The van der Waals surface area contributed by atoms with Crippen molar-refractivity contribution in [1.82, 2.24) is 20.5 Å². The second-order valence-corrected chi connectivity index (χ2v) is 7.20. The summed E-state index contributed by atoms with van der Waals surface area (Å²) in [6.07, 6.45) is 0. The molecule has 0 radical (unpaired) electrons. The Morgan fingerprint density at radius 3 is 2.77 bits per heavy atom. The number of hydrogen-bond donors (Lipinski definition) is 2. The van der Waals surface area contributed by atoms with E-state index in [1.165, 1.54) is 5.56 Å². The third-order valence-electron chi connectivity index (χ3n) is 5.20. The van der Waals surface area contributed by atoms with E-state index in [2.05, 4.69) is 39.6 Å². The number of nitrogens with one attached hydrogen (secondary N) is 1. The predicted octanol–water partition coefficient (Wildman–Crippen LogP) is 1.68. The van der Waals surface area contributed by atoms with E-state index in [1.807, 2.05) is 32.0 Å². The first kappa shape index (κ1) is 19.0. The number of rotatable bonds is 7. The molecule has 1 aliphatic heterocycles. The molecule has 0 saturated carbocycles. The summed E-state index contributed by atoms with van der Waals surface area (Å²) in [6.45, 7) is 8.54. The molecule has 1 aromatic heterocycles. The molecule has 3 rings (SSSR count). The van der Waals surface area contributed by atoms with Crippen LogP contribution >= 0.6 is 0 Å². The molecule has 0 amide bonds. The van der Waals surface area contributed by atoms with Crippen molar-refractivity contribution in [2.24, 2.45) is 0 Å². The van der Waals surface area contributed by atoms with Crippen LogP contribution in [0.25, 0.3) is 0 Å². The maximum Gasteiger partial charge on any atom is 0.124 e. The molecule has 2 heterocycles. The highest BCUT2D eigenvalue weighted by Gasteiger charge is 2.42. The van der Waals surface area contributed by atoms with Gasteiger partial charge in [-0.3, -0.25) is 4.90 Å². The molecule has 0 bridgehead atoms. The van der Waals surface area contributed by atoms with E-state index in [1.54, 1.807) is 0 Å². The first-order valence-electron chi connectivity index (χ1n) is 9.07. The smallest absolute Gasteiger partial charge is 0.124 e. The Kier molecular flexibility index (Phi) is 6.03. The number of aryl methyl sites for hydroxylation is 1. The highest BCUT2D eigenvalue weighted by molar-refractivity contribution is 5.16. The summed E-state index contributed by atoms with van der Waals surface area (Å²) in [5.41, 5.74) is 2.30. The highest BCUT2D eigenvalue weighted by atomic mass is 16.6. The van der Waals surface area contributed by atoms with Gasteiger partial charge in [-0.15, -0.1) is 0 Å². The Labute approximate surface area is 154 Å². The molecule has 3 atom stereocenters. The summed E-state index contributed by atoms with van der Waals surface area (Å²) in [7, 11) is 0. The van der Waals surface area contributed by atoms with E-state index in [4.69, 9.17) is 9.37 Å². The molecule has 2 aromatic rings. The first-order valence-corrected chi connectivity index (χ1v) is 9.07. The molecule has 0 aliphatic carbocycles. The zero-order valence-electron chi connectivity index (χ0n) is 15.7. The molecule has 1 saturated heterocycles. The van der Waals surface area contributed by atoms with Gasteiger partial charge in [0, 0.05) is 19.1 Å². The molecule has 1 fully saturated rings. The lowest BCUT2D eigenvalue weighted by atomic mass is 9.93. The van der Waals surface area contributed by atoms with Crippen LogP contribution in [0.3, 0.4) is 0 Å². The van der Waals surface area contributed by atoms with Gasteiger partial charge in [-0.05, 0) is 26.3 Å². The Bertz CT molecular complexity index is 693. The molecule has 26 heavy (non-hydrogen) atoms. The van der Waals surface area contributed by atoms with Crippen LogP contribution in [0.2, 0.25) is 0 Å². The summed E-state index contributed by atoms with van der Waals surface area (Å²) < 4.78 is 10.6. The number of aliphatic hydroxyl groups is 1. The lowest BCUT2D eigenvalue weighted by molar-refractivity contribution is -0.123. The number of aliphatic hydroxyl groups excluding tert-OH is 1. The number of ether oxygens (including phenoxy) is 1. The van der Waals surface area contributed by atoms with Crippen molar-refractivity contribution in [3.05, 3.63) is 47.3 Å². The van der Waals surface area contributed by atoms with Crippen LogP contribution < -0.4 is 5.32 Å². The lowest BCUT2D eigenvalue weighted by Gasteiger charge is -2.49. The van der Waals surface area contributed by atoms with Crippen molar-refractivity contribution < 1.29 is 14.5 Å². The first-order chi connectivity index (χ1) is 12.6. The standard InChI is InChI=1S/C19H28N4O3/c1-14-10-25-13-19(12-24,23(14)9-17-7-5-4-6-8-17)11-20-15(2)18-16(3)21-26-22-18/h4-8,14-15,20,24H,9-13H2,1-3H3/t14-,15?,19+/m1/s1. The van der Waals surface area contributed by atoms with Gasteiger partial charge in [0.15, 0.2) is 0 Å². The van der Waals surface area contributed by atoms with Crippen LogP contribution in [0.4, 0.5) is 0 Å². The Morgan fingerprint density at radius 1 is 1.35 bits per heavy atom. The predicted molar refractivity (Wildman–Crippen MR) is 97.5 cm³/mol. The number of aromatic nitrogens is 2. The zero-order valence-corrected chi connectivity index (χ0v) is 15.7. The van der Waals surface area contributed by atoms with Gasteiger partial charge in [0.2, 0.25) is 0 Å². The van der Waals surface area contributed by atoms with Crippen LogP contribution in [-0.4, -0.2) is 58.3 Å². The molecule has 7 heteroatoms. The van der Waals surface area contributed by atoms with Gasteiger partial charge in [0.1, 0.15) is 11.4 Å². The maximum atomic E-state index is 10.3. The molecule has 7 nitrogen and oxygen atoms in total. The Hall–Kier alpha value is -1.80. The molecule has 1 unspecified atom stereocenters. The van der Waals surface area contributed by atoms with Gasteiger partial charge in [-0.1, -0.05) is 40.6 Å². The summed E-state index contributed by atoms with van der Waals surface area (Å²) in [4.78, 5) is 2.35. The number of benzene rings is 1. The second kappa shape index (κ2) is 8.26. The third kappa shape index (κ3) is 3.96. The Morgan fingerprint density at radius 2 is 2.12 bits per heavy atom. The summed E-state index contributed by atoms with van der Waals surface area (Å²) in [5.74, 6) is 0. The van der Waals surface area contributed by atoms with E-state index < -0.39 is 5.54 Å². The average Bonchev–Trinajstić information content (AvgIpc) is 3.09. The zero-order chi connectivity index (χ0) is 18.6. The minimum atomic E-state index is -0.493. The van der Waals surface area contributed by atoms with Crippen molar-refractivity contribution in [1.29, 1.82) is 0 Å². The number of hydrogen-bond acceptors (Lipinski definition) is 7. The van der Waals surface area contributed by atoms with Gasteiger partial charge >= 0.3 is 0 Å². The van der Waals surface area contributed by atoms with Crippen molar-refractivity contribution in [3.8, 4) is 0 Å². The summed E-state index contributed by atoms with van der Waals surface area (Å²) in [6, 6.07) is 10.5. The Balaban J connectivity index is 1.76. The number of nitrogens with zero attached hydrogens (tertiary/aromatic N) is 3. The van der Waals surface area contributed by atoms with E-state index >= 15 is 0 Å². The van der Waals surface area contributed by atoms with E-state index in [9.17, 15) is 5.11 Å². The highest BCUT2D eigenvalue weighted by Crippen LogP contribution is 2.27. The quantitative estimate of drug-likeness (QED) is 0.777. The second-order valence-electron chi connectivity index (χ2n) is 7.20. The SMILES string of the molecule is Cc1nonc1C(C)NC[C@]1(CO)COC[C@@H](C)N1Cc1ccccc1. The van der Waals surface area contributed by atoms with Gasteiger partial charge in [0.25, 0.3) is 0 Å². The van der Waals surface area contributed by atoms with Crippen molar-refractivity contribution in [3.63, 3.8) is 0 Å². The fourth-order valence-electron chi connectivity index (χ4n) is 3.58. The minimum Gasteiger partial charge on any atom is -0.394 e. The van der Waals surface area contributed by atoms with Crippen LogP contribution in [0.1, 0.15) is 36.8 Å². The lowest BCUT2D eigenvalue weighted by Crippen LogP contribution is -2.66. The molecular weight excluding hydrogens is 332 g/mol. The molecule has 1 aliphatic rings.